The van der Waals surface area contributed by atoms with E-state index in [4.69, 9.17) is 19.8 Å². The monoisotopic (exact) mass is 621 g/mol. The SMILES string of the molecule is CN(C)C(=O)[C@]12CCCN(C(=O)c3ccccn3)C[C@H]1CN(c1ccccn1)C2.O=C(O)C(F)(F)F.O=C(O)C(F)(F)F. The van der Waals surface area contributed by atoms with Gasteiger partial charge in [0.2, 0.25) is 5.91 Å². The lowest BCUT2D eigenvalue weighted by Gasteiger charge is -2.34. The number of carboxylic acids is 2. The fourth-order valence-electron chi connectivity index (χ4n) is 4.78. The summed E-state index contributed by atoms with van der Waals surface area (Å²) in [5, 5.41) is 14.2. The minimum absolute atomic E-state index is 0.0505. The van der Waals surface area contributed by atoms with Crippen LogP contribution >= 0.6 is 0 Å². The largest absolute Gasteiger partial charge is 0.490 e. The highest BCUT2D eigenvalue weighted by atomic mass is 19.4. The van der Waals surface area contributed by atoms with E-state index in [0.29, 0.717) is 31.9 Å². The fourth-order valence-corrected chi connectivity index (χ4v) is 4.78. The predicted molar refractivity (Wildman–Crippen MR) is 138 cm³/mol. The van der Waals surface area contributed by atoms with Gasteiger partial charge >= 0.3 is 24.3 Å². The first-order valence-electron chi connectivity index (χ1n) is 12.6. The number of amides is 2. The maximum Gasteiger partial charge on any atom is 0.490 e. The number of aliphatic carboxylic acids is 2. The number of carboxylic acid groups (broad SMARTS) is 2. The second-order valence-corrected chi connectivity index (χ2v) is 9.80. The molecule has 2 aliphatic rings. The van der Waals surface area contributed by atoms with Gasteiger partial charge in [-0.1, -0.05) is 12.1 Å². The molecule has 0 unspecified atom stereocenters. The van der Waals surface area contributed by atoms with Gasteiger partial charge in [-0.3, -0.25) is 14.6 Å². The van der Waals surface area contributed by atoms with E-state index in [1.807, 2.05) is 49.3 Å². The molecule has 0 aliphatic carbocycles. The van der Waals surface area contributed by atoms with Crippen LogP contribution in [0.15, 0.2) is 48.8 Å². The number of hydrogen-bond donors (Lipinski definition) is 2. The molecule has 2 amide bonds. The Morgan fingerprint density at radius 2 is 1.42 bits per heavy atom. The number of halogens is 6. The van der Waals surface area contributed by atoms with E-state index in [0.717, 1.165) is 18.7 Å². The van der Waals surface area contributed by atoms with Crippen LogP contribution in [0.25, 0.3) is 0 Å². The van der Waals surface area contributed by atoms with Gasteiger partial charge in [0.15, 0.2) is 0 Å². The van der Waals surface area contributed by atoms with Crippen LogP contribution in [0.1, 0.15) is 23.3 Å². The number of aromatic nitrogens is 2. The molecule has 4 heterocycles. The first-order chi connectivity index (χ1) is 19.9. The number of likely N-dealkylation sites (tertiary alicyclic amines) is 1. The summed E-state index contributed by atoms with van der Waals surface area (Å²) in [5.74, 6) is -4.49. The van der Waals surface area contributed by atoms with Gasteiger partial charge in [0.25, 0.3) is 5.91 Å². The molecule has 2 saturated heterocycles. The summed E-state index contributed by atoms with van der Waals surface area (Å²) in [6.45, 7) is 2.55. The Balaban J connectivity index is 0.000000384. The fraction of sp³-hybridized carbons (Fsp3) is 0.462. The van der Waals surface area contributed by atoms with Gasteiger partial charge in [0.1, 0.15) is 11.5 Å². The van der Waals surface area contributed by atoms with Crippen LogP contribution in [0.2, 0.25) is 0 Å². The first kappa shape index (κ1) is 34.8. The highest BCUT2D eigenvalue weighted by Crippen LogP contribution is 2.45. The molecule has 0 saturated carbocycles. The smallest absolute Gasteiger partial charge is 0.475 e. The minimum atomic E-state index is -5.08. The van der Waals surface area contributed by atoms with Crippen molar-refractivity contribution < 1.29 is 55.7 Å². The lowest BCUT2D eigenvalue weighted by Crippen LogP contribution is -2.47. The van der Waals surface area contributed by atoms with Gasteiger partial charge in [0, 0.05) is 58.6 Å². The molecule has 2 fully saturated rings. The molecule has 2 N–H and O–H groups in total. The second kappa shape index (κ2) is 14.2. The van der Waals surface area contributed by atoms with E-state index < -0.39 is 29.7 Å². The molecule has 2 aromatic rings. The normalized spacial score (nSPS) is 19.9. The molecule has 2 aliphatic heterocycles. The number of carbonyl (C=O) groups is 4. The van der Waals surface area contributed by atoms with Crippen molar-refractivity contribution in [1.29, 1.82) is 0 Å². The molecule has 17 heteroatoms. The molecule has 2 atom stereocenters. The van der Waals surface area contributed by atoms with E-state index in [1.54, 1.807) is 23.4 Å². The highest BCUT2D eigenvalue weighted by molar-refractivity contribution is 5.92. The number of alkyl halides is 6. The van der Waals surface area contributed by atoms with Crippen LogP contribution in [0, 0.1) is 11.3 Å². The molecule has 0 bridgehead atoms. The minimum Gasteiger partial charge on any atom is -0.475 e. The zero-order valence-corrected chi connectivity index (χ0v) is 23.0. The second-order valence-electron chi connectivity index (χ2n) is 9.80. The summed E-state index contributed by atoms with van der Waals surface area (Å²) in [7, 11) is 3.64. The average Bonchev–Trinajstić information content (AvgIpc) is 3.21. The Hall–Kier alpha value is -4.44. The van der Waals surface area contributed by atoms with Crippen molar-refractivity contribution in [2.45, 2.75) is 25.2 Å². The van der Waals surface area contributed by atoms with Crippen LogP contribution in [-0.4, -0.2) is 106 Å². The van der Waals surface area contributed by atoms with E-state index >= 15 is 0 Å². The van der Waals surface area contributed by atoms with E-state index in [-0.39, 0.29) is 17.7 Å². The number of carbonyl (C=O) groups excluding carboxylic acids is 2. The maximum absolute atomic E-state index is 13.3. The maximum atomic E-state index is 13.3. The molecule has 4 rings (SSSR count). The first-order valence-corrected chi connectivity index (χ1v) is 12.6. The van der Waals surface area contributed by atoms with Crippen LogP contribution in [0.5, 0.6) is 0 Å². The van der Waals surface area contributed by atoms with Gasteiger partial charge in [-0.05, 0) is 37.1 Å². The number of pyridine rings is 2. The topological polar surface area (TPSA) is 144 Å². The molecule has 236 valence electrons. The Bertz CT molecular complexity index is 1240. The number of hydrogen-bond acceptors (Lipinski definition) is 7. The number of anilines is 1. The third-order valence-electron chi connectivity index (χ3n) is 6.65. The molecule has 0 aromatic carbocycles. The molecule has 43 heavy (non-hydrogen) atoms. The van der Waals surface area contributed by atoms with Crippen molar-refractivity contribution in [3.8, 4) is 0 Å². The Morgan fingerprint density at radius 1 is 0.884 bits per heavy atom. The van der Waals surface area contributed by atoms with Gasteiger partial charge in [-0.15, -0.1) is 0 Å². The van der Waals surface area contributed by atoms with E-state index in [9.17, 15) is 35.9 Å². The van der Waals surface area contributed by atoms with Crippen molar-refractivity contribution >= 4 is 29.6 Å². The summed E-state index contributed by atoms with van der Waals surface area (Å²) in [4.78, 5) is 58.7. The zero-order chi connectivity index (χ0) is 32.6. The van der Waals surface area contributed by atoms with Gasteiger partial charge in [-0.2, -0.15) is 26.3 Å². The van der Waals surface area contributed by atoms with Crippen LogP contribution in [0.3, 0.4) is 0 Å². The summed E-state index contributed by atoms with van der Waals surface area (Å²) in [5.41, 5.74) is -0.0429. The third-order valence-corrected chi connectivity index (χ3v) is 6.65. The van der Waals surface area contributed by atoms with Gasteiger partial charge < -0.3 is 24.9 Å². The van der Waals surface area contributed by atoms with Gasteiger partial charge in [-0.25, -0.2) is 14.6 Å². The van der Waals surface area contributed by atoms with Crippen molar-refractivity contribution in [3.63, 3.8) is 0 Å². The Labute approximate surface area is 241 Å². The molecule has 0 radical (unpaired) electrons. The molecule has 2 aromatic heterocycles. The van der Waals surface area contributed by atoms with E-state index in [2.05, 4.69) is 14.9 Å². The Morgan fingerprint density at radius 3 is 1.86 bits per heavy atom. The van der Waals surface area contributed by atoms with Crippen molar-refractivity contribution in [2.75, 3.05) is 45.2 Å². The third kappa shape index (κ3) is 9.27. The average molecular weight is 622 g/mol. The predicted octanol–water partition coefficient (Wildman–Crippen LogP) is 3.19. The number of nitrogens with zero attached hydrogens (tertiary/aromatic N) is 5. The molecular formula is C26H29F6N5O6. The molecular weight excluding hydrogens is 592 g/mol. The van der Waals surface area contributed by atoms with E-state index in [1.165, 1.54) is 0 Å². The lowest BCUT2D eigenvalue weighted by molar-refractivity contribution is -0.193. The van der Waals surface area contributed by atoms with Crippen LogP contribution in [-0.2, 0) is 14.4 Å². The highest BCUT2D eigenvalue weighted by Gasteiger charge is 2.54. The number of rotatable bonds is 3. The van der Waals surface area contributed by atoms with Crippen molar-refractivity contribution in [3.05, 3.63) is 54.5 Å². The summed E-state index contributed by atoms with van der Waals surface area (Å²) >= 11 is 0. The Kier molecular flexibility index (Phi) is 11.4. The zero-order valence-electron chi connectivity index (χ0n) is 23.0. The molecule has 0 spiro atoms. The van der Waals surface area contributed by atoms with Crippen LogP contribution < -0.4 is 4.90 Å². The summed E-state index contributed by atoms with van der Waals surface area (Å²) in [6.07, 6.45) is -5.18. The van der Waals surface area contributed by atoms with Gasteiger partial charge in [0.05, 0.1) is 5.41 Å². The summed E-state index contributed by atoms with van der Waals surface area (Å²) in [6, 6.07) is 11.2. The lowest BCUT2D eigenvalue weighted by atomic mass is 9.74. The standard InChI is InChI=1S/C22H27N5O2.2C2HF3O2/c1-25(2)21(29)22-10-7-13-26(20(28)18-8-3-5-11-23-18)14-17(22)15-27(16-22)19-9-4-6-12-24-19;2*3-2(4,5)1(6)7/h3-6,8-9,11-12,17H,7,10,13-16H2,1-2H3;2*(H,6,7)/t17-,22-;;/m0../s1. The van der Waals surface area contributed by atoms with Crippen molar-refractivity contribution in [1.82, 2.24) is 19.8 Å². The summed E-state index contributed by atoms with van der Waals surface area (Å²) < 4.78 is 63.5. The van der Waals surface area contributed by atoms with Crippen molar-refractivity contribution in [2.24, 2.45) is 11.3 Å². The van der Waals surface area contributed by atoms with Crippen LogP contribution in [0.4, 0.5) is 32.2 Å². The quantitative estimate of drug-likeness (QED) is 0.494. The number of fused-ring (bicyclic) bond motifs is 1. The molecule has 11 nitrogen and oxygen atoms in total.